The maximum Gasteiger partial charge on any atom is 0.145 e. The third kappa shape index (κ3) is 5.58. The lowest BCUT2D eigenvalue weighted by atomic mass is 9.89. The number of rotatable bonds is 8. The molecule has 0 aromatic heterocycles. The molecule has 1 N–H and O–H groups in total. The molecule has 29 heavy (non-hydrogen) atoms. The highest BCUT2D eigenvalue weighted by Gasteiger charge is 2.23. The summed E-state index contributed by atoms with van der Waals surface area (Å²) in [6, 6.07) is 15.0. The summed E-state index contributed by atoms with van der Waals surface area (Å²) in [6.07, 6.45) is 4.20. The maximum atomic E-state index is 13.5. The Morgan fingerprint density at radius 3 is 2.48 bits per heavy atom. The molecule has 1 heterocycles. The molecule has 3 rings (SSSR count). The number of allylic oxidation sites excluding steroid dienone is 1. The number of aliphatic hydroxyl groups excluding tert-OH is 1. The van der Waals surface area contributed by atoms with Crippen LogP contribution in [0.1, 0.15) is 24.8 Å². The van der Waals surface area contributed by atoms with Crippen molar-refractivity contribution in [1.29, 1.82) is 0 Å². The fourth-order valence-corrected chi connectivity index (χ4v) is 4.01. The molecule has 1 aliphatic heterocycles. The van der Waals surface area contributed by atoms with Gasteiger partial charge in [-0.3, -0.25) is 4.90 Å². The van der Waals surface area contributed by atoms with Gasteiger partial charge in [-0.1, -0.05) is 42.5 Å². The van der Waals surface area contributed by atoms with Crippen LogP contribution in [0, 0.1) is 5.82 Å². The summed E-state index contributed by atoms with van der Waals surface area (Å²) in [5.41, 5.74) is 2.12. The van der Waals surface area contributed by atoms with Gasteiger partial charge in [-0.25, -0.2) is 4.39 Å². The molecule has 0 radical (unpaired) electrons. The van der Waals surface area contributed by atoms with Crippen molar-refractivity contribution in [2.45, 2.75) is 25.4 Å². The molecule has 0 aliphatic carbocycles. The zero-order valence-electron chi connectivity index (χ0n) is 17.3. The van der Waals surface area contributed by atoms with Crippen LogP contribution in [0.5, 0.6) is 5.75 Å². The number of aliphatic hydroxyl groups is 1. The number of piperazine rings is 1. The van der Waals surface area contributed by atoms with E-state index in [4.69, 9.17) is 4.74 Å². The van der Waals surface area contributed by atoms with Gasteiger partial charge >= 0.3 is 0 Å². The average Bonchev–Trinajstić information content (AvgIpc) is 2.75. The van der Waals surface area contributed by atoms with Crippen LogP contribution >= 0.6 is 0 Å². The van der Waals surface area contributed by atoms with Gasteiger partial charge in [0.05, 0.1) is 18.9 Å². The Morgan fingerprint density at radius 2 is 1.83 bits per heavy atom. The molecule has 2 unspecified atom stereocenters. The average molecular weight is 399 g/mol. The molecule has 2 aromatic carbocycles. The van der Waals surface area contributed by atoms with Crippen molar-refractivity contribution in [2.75, 3.05) is 44.7 Å². The van der Waals surface area contributed by atoms with Gasteiger partial charge in [0.15, 0.2) is 0 Å². The summed E-state index contributed by atoms with van der Waals surface area (Å²) in [5.74, 6) is 0.385. The van der Waals surface area contributed by atoms with E-state index in [0.717, 1.165) is 44.8 Å². The highest BCUT2D eigenvalue weighted by molar-refractivity contribution is 5.59. The third-order valence-electron chi connectivity index (χ3n) is 5.64. The predicted molar refractivity (Wildman–Crippen MR) is 116 cm³/mol. The zero-order chi connectivity index (χ0) is 20.6. The Hall–Kier alpha value is -2.37. The molecule has 1 fully saturated rings. The predicted octanol–water partition coefficient (Wildman–Crippen LogP) is 4.07. The van der Waals surface area contributed by atoms with E-state index in [-0.39, 0.29) is 11.7 Å². The monoisotopic (exact) mass is 398 g/mol. The van der Waals surface area contributed by atoms with Crippen LogP contribution < -0.4 is 9.64 Å². The van der Waals surface area contributed by atoms with Gasteiger partial charge in [0, 0.05) is 38.2 Å². The van der Waals surface area contributed by atoms with Crippen LogP contribution in [0.25, 0.3) is 0 Å². The van der Waals surface area contributed by atoms with Crippen molar-refractivity contribution in [2.24, 2.45) is 0 Å². The summed E-state index contributed by atoms with van der Waals surface area (Å²) in [6.45, 7) is 6.48. The van der Waals surface area contributed by atoms with Crippen LogP contribution in [0.4, 0.5) is 10.1 Å². The fraction of sp³-hybridized carbons (Fsp3) is 0.417. The van der Waals surface area contributed by atoms with Crippen LogP contribution in [0.3, 0.4) is 0 Å². The van der Waals surface area contributed by atoms with Crippen molar-refractivity contribution >= 4 is 5.69 Å². The van der Waals surface area contributed by atoms with Gasteiger partial charge in [-0.15, -0.1) is 0 Å². The van der Waals surface area contributed by atoms with E-state index in [2.05, 4.69) is 21.9 Å². The van der Waals surface area contributed by atoms with E-state index in [1.807, 2.05) is 37.3 Å². The van der Waals surface area contributed by atoms with Gasteiger partial charge in [0.2, 0.25) is 0 Å². The van der Waals surface area contributed by atoms with Crippen molar-refractivity contribution in [3.63, 3.8) is 0 Å². The highest BCUT2D eigenvalue weighted by atomic mass is 19.1. The summed E-state index contributed by atoms with van der Waals surface area (Å²) in [7, 11) is 1.58. The molecule has 5 heteroatoms. The number of benzene rings is 2. The van der Waals surface area contributed by atoms with E-state index in [1.165, 1.54) is 17.7 Å². The topological polar surface area (TPSA) is 35.9 Å². The molecule has 2 aromatic rings. The first kappa shape index (κ1) is 21.3. The molecule has 1 aliphatic rings. The number of ether oxygens (including phenoxy) is 1. The number of hydrogen-bond acceptors (Lipinski definition) is 4. The number of anilines is 1. The fourth-order valence-electron chi connectivity index (χ4n) is 4.01. The first-order valence-corrected chi connectivity index (χ1v) is 10.3. The van der Waals surface area contributed by atoms with Gasteiger partial charge in [-0.2, -0.15) is 0 Å². The van der Waals surface area contributed by atoms with Gasteiger partial charge in [0.1, 0.15) is 11.6 Å². The number of nitrogens with zero attached hydrogens (tertiary/aromatic N) is 2. The molecule has 156 valence electrons. The minimum atomic E-state index is -0.479. The van der Waals surface area contributed by atoms with Crippen LogP contribution in [-0.2, 0) is 0 Å². The van der Waals surface area contributed by atoms with Crippen molar-refractivity contribution < 1.29 is 14.2 Å². The molecule has 0 amide bonds. The van der Waals surface area contributed by atoms with E-state index < -0.39 is 6.10 Å². The lowest BCUT2D eigenvalue weighted by Crippen LogP contribution is -2.47. The molecular weight excluding hydrogens is 367 g/mol. The Labute approximate surface area is 173 Å². The van der Waals surface area contributed by atoms with E-state index in [1.54, 1.807) is 13.2 Å². The molecule has 4 nitrogen and oxygen atoms in total. The quantitative estimate of drug-likeness (QED) is 0.680. The third-order valence-corrected chi connectivity index (χ3v) is 5.64. The first-order valence-electron chi connectivity index (χ1n) is 10.3. The van der Waals surface area contributed by atoms with Gasteiger partial charge in [-0.05, 0) is 37.6 Å². The molecule has 1 saturated heterocycles. The molecular formula is C24H31FN2O2. The molecule has 2 atom stereocenters. The van der Waals surface area contributed by atoms with Crippen molar-refractivity contribution in [1.82, 2.24) is 4.90 Å². The highest BCUT2D eigenvalue weighted by Crippen LogP contribution is 2.30. The van der Waals surface area contributed by atoms with E-state index in [9.17, 15) is 9.50 Å². The SMILES string of the molecule is C/C=C\C(O)C(CCN1CCN(c2ccc(F)cc2OC)CC1)c1ccccc1. The second-order valence-electron chi connectivity index (χ2n) is 7.47. The maximum absolute atomic E-state index is 13.5. The number of methoxy groups -OCH3 is 1. The summed E-state index contributed by atoms with van der Waals surface area (Å²) in [4.78, 5) is 4.68. The Balaban J connectivity index is 1.58. The van der Waals surface area contributed by atoms with E-state index in [0.29, 0.717) is 5.75 Å². The minimum absolute atomic E-state index is 0.0858. The second-order valence-corrected chi connectivity index (χ2v) is 7.47. The Bertz CT molecular complexity index is 789. The molecule has 0 saturated carbocycles. The lowest BCUT2D eigenvalue weighted by molar-refractivity contribution is 0.167. The van der Waals surface area contributed by atoms with Crippen molar-refractivity contribution in [3.05, 3.63) is 72.1 Å². The van der Waals surface area contributed by atoms with Gasteiger partial charge < -0.3 is 14.7 Å². The number of halogens is 1. The summed E-state index contributed by atoms with van der Waals surface area (Å²) in [5, 5.41) is 10.6. The minimum Gasteiger partial charge on any atom is -0.494 e. The standard InChI is InChI=1S/C24H31FN2O2/c1-3-7-23(28)21(19-8-5-4-6-9-19)12-13-26-14-16-27(17-15-26)22-11-10-20(25)18-24(22)29-2/h3-11,18,21,23,28H,12-17H2,1-2H3/b7-3-. The van der Waals surface area contributed by atoms with Gasteiger partial charge in [0.25, 0.3) is 0 Å². The smallest absolute Gasteiger partial charge is 0.145 e. The van der Waals surface area contributed by atoms with Crippen LogP contribution in [0.15, 0.2) is 60.7 Å². The largest absolute Gasteiger partial charge is 0.494 e. The Kier molecular flexibility index (Phi) is 7.67. The summed E-state index contributed by atoms with van der Waals surface area (Å²) >= 11 is 0. The normalized spacial score (nSPS) is 17.4. The second kappa shape index (κ2) is 10.4. The summed E-state index contributed by atoms with van der Waals surface area (Å²) < 4.78 is 18.8. The number of hydrogen-bond donors (Lipinski definition) is 1. The Morgan fingerprint density at radius 1 is 1.10 bits per heavy atom. The first-order chi connectivity index (χ1) is 14.1. The van der Waals surface area contributed by atoms with Crippen LogP contribution in [-0.4, -0.2) is 55.9 Å². The molecule has 0 spiro atoms. The zero-order valence-corrected chi connectivity index (χ0v) is 17.3. The van der Waals surface area contributed by atoms with Crippen LogP contribution in [0.2, 0.25) is 0 Å². The molecule has 0 bridgehead atoms. The van der Waals surface area contributed by atoms with E-state index >= 15 is 0 Å². The lowest BCUT2D eigenvalue weighted by Gasteiger charge is -2.37. The van der Waals surface area contributed by atoms with Crippen molar-refractivity contribution in [3.8, 4) is 5.75 Å².